The van der Waals surface area contributed by atoms with Crippen LogP contribution in [0.25, 0.3) is 0 Å². The Balaban J connectivity index is 2.43. The second-order valence-electron chi connectivity index (χ2n) is 3.70. The van der Waals surface area contributed by atoms with Gasteiger partial charge in [-0.3, -0.25) is 0 Å². The zero-order valence-electron chi connectivity index (χ0n) is 7.97. The van der Waals surface area contributed by atoms with Crippen LogP contribution in [0.15, 0.2) is 18.2 Å². The summed E-state index contributed by atoms with van der Waals surface area (Å²) in [4.78, 5) is 0. The van der Waals surface area contributed by atoms with Crippen molar-refractivity contribution in [1.82, 2.24) is 0 Å². The first-order valence-corrected chi connectivity index (χ1v) is 4.67. The Kier molecular flexibility index (Phi) is 1.98. The summed E-state index contributed by atoms with van der Waals surface area (Å²) in [6.07, 6.45) is -0.768. The molecule has 2 unspecified atom stereocenters. The van der Waals surface area contributed by atoms with E-state index in [9.17, 15) is 4.39 Å². The highest BCUT2D eigenvalue weighted by atomic mass is 19.1. The number of anilines is 1. The molecule has 0 fully saturated rings. The van der Waals surface area contributed by atoms with Crippen molar-refractivity contribution in [3.05, 3.63) is 29.3 Å². The van der Waals surface area contributed by atoms with Crippen molar-refractivity contribution in [3.63, 3.8) is 0 Å². The second-order valence-corrected chi connectivity index (χ2v) is 3.70. The maximum Gasteiger partial charge on any atom is 0.106 e. The predicted octanol–water partition coefficient (Wildman–Crippen LogP) is 2.86. The minimum atomic E-state index is -0.768. The van der Waals surface area contributed by atoms with Crippen LogP contribution in [-0.4, -0.2) is 12.7 Å². The molecule has 0 saturated heterocycles. The van der Waals surface area contributed by atoms with E-state index in [-0.39, 0.29) is 5.92 Å². The number of nitrogens with one attached hydrogen (secondary N) is 1. The van der Waals surface area contributed by atoms with E-state index in [1.165, 1.54) is 5.56 Å². The molecule has 2 rings (SSSR count). The third-order valence-corrected chi connectivity index (χ3v) is 2.76. The van der Waals surface area contributed by atoms with Crippen LogP contribution < -0.4 is 5.32 Å². The third-order valence-electron chi connectivity index (χ3n) is 2.76. The molecular formula is C11H14FN. The van der Waals surface area contributed by atoms with Crippen LogP contribution in [0.3, 0.4) is 0 Å². The summed E-state index contributed by atoms with van der Waals surface area (Å²) in [5, 5.41) is 3.26. The topological polar surface area (TPSA) is 12.0 Å². The zero-order chi connectivity index (χ0) is 9.42. The van der Waals surface area contributed by atoms with Gasteiger partial charge in [0.2, 0.25) is 0 Å². The van der Waals surface area contributed by atoms with Gasteiger partial charge in [0.1, 0.15) is 6.17 Å². The summed E-state index contributed by atoms with van der Waals surface area (Å²) in [6, 6.07) is 6.07. The van der Waals surface area contributed by atoms with Crippen LogP contribution >= 0.6 is 0 Å². The van der Waals surface area contributed by atoms with Crippen LogP contribution in [0.1, 0.15) is 24.0 Å². The summed E-state index contributed by atoms with van der Waals surface area (Å²) in [5.41, 5.74) is 3.48. The second kappa shape index (κ2) is 3.02. The van der Waals surface area contributed by atoms with Gasteiger partial charge in [-0.25, -0.2) is 4.39 Å². The Morgan fingerprint density at radius 3 is 3.00 bits per heavy atom. The molecule has 1 nitrogen and oxygen atoms in total. The molecular weight excluding hydrogens is 165 g/mol. The standard InChI is InChI=1S/C11H14FN/c1-7-4-3-5-9-10(8(2)12)6-13-11(7)9/h3-5,8,10,13H,6H2,1-2H3. The maximum atomic E-state index is 13.2. The first-order valence-electron chi connectivity index (χ1n) is 4.67. The van der Waals surface area contributed by atoms with Gasteiger partial charge in [-0.2, -0.15) is 0 Å². The molecule has 1 aliphatic heterocycles. The van der Waals surface area contributed by atoms with Gasteiger partial charge in [-0.05, 0) is 25.0 Å². The van der Waals surface area contributed by atoms with Gasteiger partial charge in [0.05, 0.1) is 0 Å². The number of rotatable bonds is 1. The summed E-state index contributed by atoms with van der Waals surface area (Å²) < 4.78 is 13.2. The Bertz CT molecular complexity index is 320. The lowest BCUT2D eigenvalue weighted by atomic mass is 9.96. The highest BCUT2D eigenvalue weighted by Crippen LogP contribution is 2.36. The maximum absolute atomic E-state index is 13.2. The van der Waals surface area contributed by atoms with Crippen LogP contribution in [0.4, 0.5) is 10.1 Å². The predicted molar refractivity (Wildman–Crippen MR) is 53.0 cm³/mol. The van der Waals surface area contributed by atoms with Crippen molar-refractivity contribution in [1.29, 1.82) is 0 Å². The van der Waals surface area contributed by atoms with E-state index in [2.05, 4.69) is 18.3 Å². The van der Waals surface area contributed by atoms with Crippen LogP contribution in [0.2, 0.25) is 0 Å². The molecule has 0 bridgehead atoms. The van der Waals surface area contributed by atoms with Gasteiger partial charge in [0.15, 0.2) is 0 Å². The highest BCUT2D eigenvalue weighted by molar-refractivity contribution is 5.62. The average Bonchev–Trinajstić information content (AvgIpc) is 2.48. The Labute approximate surface area is 78.0 Å². The summed E-state index contributed by atoms with van der Waals surface area (Å²) in [6.45, 7) is 4.42. The lowest BCUT2D eigenvalue weighted by Gasteiger charge is -2.10. The molecule has 0 amide bonds. The number of hydrogen-bond donors (Lipinski definition) is 1. The van der Waals surface area contributed by atoms with Crippen molar-refractivity contribution in [2.75, 3.05) is 11.9 Å². The van der Waals surface area contributed by atoms with E-state index in [1.54, 1.807) is 6.92 Å². The first kappa shape index (κ1) is 8.54. The molecule has 0 saturated carbocycles. The molecule has 1 N–H and O–H groups in total. The zero-order valence-corrected chi connectivity index (χ0v) is 7.97. The van der Waals surface area contributed by atoms with Crippen molar-refractivity contribution in [3.8, 4) is 0 Å². The normalized spacial score (nSPS) is 22.2. The van der Waals surface area contributed by atoms with Crippen LogP contribution in [0, 0.1) is 6.92 Å². The Morgan fingerprint density at radius 2 is 2.31 bits per heavy atom. The average molecular weight is 179 g/mol. The molecule has 0 radical (unpaired) electrons. The fourth-order valence-corrected chi connectivity index (χ4v) is 1.97. The molecule has 1 aliphatic rings. The molecule has 0 aliphatic carbocycles. The molecule has 1 aromatic carbocycles. The van der Waals surface area contributed by atoms with E-state index >= 15 is 0 Å². The van der Waals surface area contributed by atoms with E-state index in [0.29, 0.717) is 0 Å². The van der Waals surface area contributed by atoms with E-state index in [1.807, 2.05) is 12.1 Å². The fraction of sp³-hybridized carbons (Fsp3) is 0.455. The largest absolute Gasteiger partial charge is 0.384 e. The lowest BCUT2D eigenvalue weighted by molar-refractivity contribution is 0.317. The molecule has 2 heteroatoms. The molecule has 2 atom stereocenters. The molecule has 1 heterocycles. The highest BCUT2D eigenvalue weighted by Gasteiger charge is 2.27. The number of hydrogen-bond acceptors (Lipinski definition) is 1. The third kappa shape index (κ3) is 1.30. The monoisotopic (exact) mass is 179 g/mol. The van der Waals surface area contributed by atoms with Crippen molar-refractivity contribution >= 4 is 5.69 Å². The van der Waals surface area contributed by atoms with Crippen molar-refractivity contribution in [2.24, 2.45) is 0 Å². The quantitative estimate of drug-likeness (QED) is 0.699. The first-order chi connectivity index (χ1) is 6.20. The van der Waals surface area contributed by atoms with Crippen LogP contribution in [-0.2, 0) is 0 Å². The Hall–Kier alpha value is -1.05. The van der Waals surface area contributed by atoms with E-state index in [0.717, 1.165) is 17.8 Å². The van der Waals surface area contributed by atoms with Gasteiger partial charge >= 0.3 is 0 Å². The number of halogens is 1. The number of para-hydroxylation sites is 1. The minimum Gasteiger partial charge on any atom is -0.384 e. The fourth-order valence-electron chi connectivity index (χ4n) is 1.97. The molecule has 70 valence electrons. The lowest BCUT2D eigenvalue weighted by Crippen LogP contribution is -2.11. The van der Waals surface area contributed by atoms with Crippen molar-refractivity contribution < 1.29 is 4.39 Å². The number of benzene rings is 1. The summed E-state index contributed by atoms with van der Waals surface area (Å²) in [7, 11) is 0. The van der Waals surface area contributed by atoms with E-state index in [4.69, 9.17) is 0 Å². The molecule has 1 aromatic rings. The number of aryl methyl sites for hydroxylation is 1. The van der Waals surface area contributed by atoms with E-state index < -0.39 is 6.17 Å². The number of fused-ring (bicyclic) bond motifs is 1. The molecule has 0 aromatic heterocycles. The number of alkyl halides is 1. The smallest absolute Gasteiger partial charge is 0.106 e. The minimum absolute atomic E-state index is 0.0369. The SMILES string of the molecule is Cc1cccc2c1NCC2C(C)F. The van der Waals surface area contributed by atoms with Gasteiger partial charge < -0.3 is 5.32 Å². The summed E-state index contributed by atoms with van der Waals surface area (Å²) >= 11 is 0. The van der Waals surface area contributed by atoms with Gasteiger partial charge in [-0.1, -0.05) is 18.2 Å². The van der Waals surface area contributed by atoms with Gasteiger partial charge in [0, 0.05) is 18.2 Å². The van der Waals surface area contributed by atoms with Gasteiger partial charge in [-0.15, -0.1) is 0 Å². The molecule has 0 spiro atoms. The van der Waals surface area contributed by atoms with Gasteiger partial charge in [0.25, 0.3) is 0 Å². The van der Waals surface area contributed by atoms with Crippen LogP contribution in [0.5, 0.6) is 0 Å². The molecule has 13 heavy (non-hydrogen) atoms. The van der Waals surface area contributed by atoms with Crippen molar-refractivity contribution in [2.45, 2.75) is 25.9 Å². The Morgan fingerprint density at radius 1 is 1.54 bits per heavy atom. The summed E-state index contributed by atoms with van der Waals surface area (Å²) in [5.74, 6) is 0.0369.